The molecule has 2 aromatic carbocycles. The smallest absolute Gasteiger partial charge is 0.326 e. The Morgan fingerprint density at radius 1 is 1.16 bits per heavy atom. The molecule has 2 atom stereocenters. The highest BCUT2D eigenvalue weighted by Crippen LogP contribution is 2.32. The topological polar surface area (TPSA) is 106 Å². The van der Waals surface area contributed by atoms with Crippen LogP contribution in [0.15, 0.2) is 71.3 Å². The molecule has 3 rings (SSSR count). The first-order valence-electron chi connectivity index (χ1n) is 9.90. The fourth-order valence-electron chi connectivity index (χ4n) is 3.37. The Balaban J connectivity index is 2.02. The van der Waals surface area contributed by atoms with Crippen molar-refractivity contribution in [1.82, 2.24) is 5.32 Å². The van der Waals surface area contributed by atoms with Crippen LogP contribution in [0.5, 0.6) is 0 Å². The van der Waals surface area contributed by atoms with Gasteiger partial charge in [0, 0.05) is 5.56 Å². The normalized spacial score (nSPS) is 13.9. The first kappa shape index (κ1) is 22.7. The van der Waals surface area contributed by atoms with Crippen LogP contribution >= 0.6 is 11.8 Å². The van der Waals surface area contributed by atoms with Crippen LogP contribution < -0.4 is 11.1 Å². The molecule has 0 saturated carbocycles. The molecule has 0 aliphatic rings. The fourth-order valence-corrected chi connectivity index (χ4v) is 3.84. The zero-order chi connectivity index (χ0) is 22.4. The highest BCUT2D eigenvalue weighted by Gasteiger charge is 2.29. The van der Waals surface area contributed by atoms with E-state index in [1.807, 2.05) is 55.6 Å². The van der Waals surface area contributed by atoms with Gasteiger partial charge in [-0.25, -0.2) is 4.79 Å². The van der Waals surface area contributed by atoms with Crippen LogP contribution in [0.3, 0.4) is 0 Å². The lowest BCUT2D eigenvalue weighted by Gasteiger charge is -2.24. The fraction of sp³-hybridized carbons (Fsp3) is 0.250. The van der Waals surface area contributed by atoms with Crippen molar-refractivity contribution in [1.29, 1.82) is 0 Å². The number of thioether (sulfide) groups is 1. The van der Waals surface area contributed by atoms with Gasteiger partial charge in [0.25, 0.3) is 5.91 Å². The number of rotatable bonds is 9. The maximum atomic E-state index is 13.1. The van der Waals surface area contributed by atoms with Crippen LogP contribution in [0.25, 0.3) is 11.1 Å². The van der Waals surface area contributed by atoms with E-state index in [1.165, 1.54) is 11.8 Å². The van der Waals surface area contributed by atoms with Gasteiger partial charge in [-0.1, -0.05) is 36.4 Å². The monoisotopic (exact) mass is 438 g/mol. The maximum absolute atomic E-state index is 13.1. The van der Waals surface area contributed by atoms with Crippen molar-refractivity contribution >= 4 is 23.6 Å². The van der Waals surface area contributed by atoms with Crippen molar-refractivity contribution in [3.05, 3.63) is 83.8 Å². The van der Waals surface area contributed by atoms with Gasteiger partial charge in [0.05, 0.1) is 11.8 Å². The molecule has 1 heterocycles. The van der Waals surface area contributed by atoms with Crippen LogP contribution in [0, 0.1) is 0 Å². The largest absolute Gasteiger partial charge is 0.480 e. The summed E-state index contributed by atoms with van der Waals surface area (Å²) in [5.74, 6) is -0.244. The van der Waals surface area contributed by atoms with Crippen molar-refractivity contribution in [3.63, 3.8) is 0 Å². The molecule has 3 aromatic rings. The van der Waals surface area contributed by atoms with Gasteiger partial charge in [-0.15, -0.1) is 0 Å². The lowest BCUT2D eigenvalue weighted by atomic mass is 9.86. The van der Waals surface area contributed by atoms with Gasteiger partial charge in [-0.3, -0.25) is 4.79 Å². The summed E-state index contributed by atoms with van der Waals surface area (Å²) in [5, 5.41) is 12.1. The first-order chi connectivity index (χ1) is 14.8. The number of carbonyl (C=O) groups is 2. The molecular formula is C24H26N2O4S. The summed E-state index contributed by atoms with van der Waals surface area (Å²) in [6.45, 7) is 1.85. The molecule has 7 heteroatoms. The minimum Gasteiger partial charge on any atom is -0.480 e. The summed E-state index contributed by atoms with van der Waals surface area (Å²) >= 11 is 1.54. The minimum absolute atomic E-state index is 0.348. The second kappa shape index (κ2) is 9.85. The van der Waals surface area contributed by atoms with E-state index >= 15 is 0 Å². The third-order valence-electron chi connectivity index (χ3n) is 5.20. The van der Waals surface area contributed by atoms with Crippen molar-refractivity contribution in [2.24, 2.45) is 5.73 Å². The molecule has 0 aliphatic carbocycles. The predicted octanol–water partition coefficient (Wildman–Crippen LogP) is 4.10. The van der Waals surface area contributed by atoms with E-state index in [-0.39, 0.29) is 0 Å². The second-order valence-corrected chi connectivity index (χ2v) is 8.44. The Hall–Kier alpha value is -3.03. The number of amides is 1. The lowest BCUT2D eigenvalue weighted by Crippen LogP contribution is -2.41. The van der Waals surface area contributed by atoms with Crippen LogP contribution in [0.2, 0.25) is 0 Å². The minimum atomic E-state index is -1.05. The Kier molecular flexibility index (Phi) is 7.20. The third kappa shape index (κ3) is 5.18. The average Bonchev–Trinajstić information content (AvgIpc) is 3.32. The summed E-state index contributed by atoms with van der Waals surface area (Å²) in [5.41, 5.74) is 8.35. The van der Waals surface area contributed by atoms with E-state index < -0.39 is 23.5 Å². The van der Waals surface area contributed by atoms with E-state index in [4.69, 9.17) is 10.2 Å². The molecule has 1 aromatic heterocycles. The predicted molar refractivity (Wildman–Crippen MR) is 123 cm³/mol. The molecule has 0 fully saturated rings. The van der Waals surface area contributed by atoms with Crippen LogP contribution in [0.1, 0.15) is 35.0 Å². The van der Waals surface area contributed by atoms with Gasteiger partial charge in [-0.2, -0.15) is 11.8 Å². The van der Waals surface area contributed by atoms with Crippen LogP contribution in [-0.2, 0) is 10.3 Å². The highest BCUT2D eigenvalue weighted by atomic mass is 32.2. The number of nitrogens with one attached hydrogen (secondary N) is 1. The van der Waals surface area contributed by atoms with Gasteiger partial charge in [-0.05, 0) is 66.3 Å². The zero-order valence-electron chi connectivity index (χ0n) is 17.5. The van der Waals surface area contributed by atoms with Crippen LogP contribution in [0.4, 0.5) is 0 Å². The SMILES string of the molecule is CSCCC(NC(=O)c1ccc(C(C)(N)c2ccco2)cc1-c1ccccc1)C(=O)O. The molecule has 0 aliphatic heterocycles. The molecule has 2 unspecified atom stereocenters. The van der Waals surface area contributed by atoms with Crippen molar-refractivity contribution < 1.29 is 19.1 Å². The Morgan fingerprint density at radius 3 is 2.52 bits per heavy atom. The molecule has 0 spiro atoms. The van der Waals surface area contributed by atoms with E-state index in [9.17, 15) is 14.7 Å². The Morgan fingerprint density at radius 2 is 1.90 bits per heavy atom. The number of hydrogen-bond acceptors (Lipinski definition) is 5. The Labute approximate surface area is 185 Å². The van der Waals surface area contributed by atoms with Crippen LogP contribution in [-0.4, -0.2) is 35.0 Å². The molecule has 0 saturated heterocycles. The average molecular weight is 439 g/mol. The zero-order valence-corrected chi connectivity index (χ0v) is 18.3. The molecule has 6 nitrogen and oxygen atoms in total. The summed E-state index contributed by atoms with van der Waals surface area (Å²) < 4.78 is 5.52. The maximum Gasteiger partial charge on any atom is 0.326 e. The molecule has 0 radical (unpaired) electrons. The number of carbonyl (C=O) groups excluding carboxylic acids is 1. The van der Waals surface area contributed by atoms with Gasteiger partial charge >= 0.3 is 5.97 Å². The molecule has 0 bridgehead atoms. The van der Waals surface area contributed by atoms with Crippen molar-refractivity contribution in [2.45, 2.75) is 24.9 Å². The number of furan rings is 1. The first-order valence-corrected chi connectivity index (χ1v) is 11.3. The van der Waals surface area contributed by atoms with Gasteiger partial charge in [0.2, 0.25) is 0 Å². The molecular weight excluding hydrogens is 412 g/mol. The van der Waals surface area contributed by atoms with E-state index in [2.05, 4.69) is 5.32 Å². The van der Waals surface area contributed by atoms with Gasteiger partial charge in [0.15, 0.2) is 0 Å². The van der Waals surface area contributed by atoms with Gasteiger partial charge in [0.1, 0.15) is 11.8 Å². The molecule has 31 heavy (non-hydrogen) atoms. The number of aliphatic carboxylic acids is 1. The number of carboxylic acid groups (broad SMARTS) is 1. The summed E-state index contributed by atoms with van der Waals surface area (Å²) in [4.78, 5) is 24.7. The summed E-state index contributed by atoms with van der Waals surface area (Å²) in [6.07, 6.45) is 3.82. The molecule has 1 amide bonds. The third-order valence-corrected chi connectivity index (χ3v) is 5.84. The highest BCUT2D eigenvalue weighted by molar-refractivity contribution is 7.98. The molecule has 162 valence electrons. The number of carboxylic acids is 1. The van der Waals surface area contributed by atoms with E-state index in [0.29, 0.717) is 29.1 Å². The summed E-state index contributed by atoms with van der Waals surface area (Å²) in [7, 11) is 0. The number of benzene rings is 2. The van der Waals surface area contributed by atoms with E-state index in [0.717, 1.165) is 11.1 Å². The second-order valence-electron chi connectivity index (χ2n) is 7.45. The quantitative estimate of drug-likeness (QED) is 0.464. The lowest BCUT2D eigenvalue weighted by molar-refractivity contribution is -0.139. The van der Waals surface area contributed by atoms with E-state index in [1.54, 1.807) is 24.5 Å². The standard InChI is InChI=1S/C24H26N2O4S/c1-24(25,21-9-6-13-30-21)17-10-11-18(19(15-17)16-7-4-3-5-8-16)22(27)26-20(23(28)29)12-14-31-2/h3-11,13,15,20H,12,14,25H2,1-2H3,(H,26,27)(H,28,29). The van der Waals surface area contributed by atoms with Crippen molar-refractivity contribution in [2.75, 3.05) is 12.0 Å². The summed E-state index contributed by atoms with van der Waals surface area (Å²) in [6, 6.07) is 17.4. The van der Waals surface area contributed by atoms with Gasteiger partial charge < -0.3 is 20.6 Å². The molecule has 4 N–H and O–H groups in total. The Bertz CT molecular complexity index is 1030. The number of hydrogen-bond donors (Lipinski definition) is 3. The van der Waals surface area contributed by atoms with Crippen molar-refractivity contribution in [3.8, 4) is 11.1 Å². The number of nitrogens with two attached hydrogens (primary N) is 1.